The first kappa shape index (κ1) is 17.2. The van der Waals surface area contributed by atoms with Crippen LogP contribution in [0.1, 0.15) is 10.5 Å². The minimum atomic E-state index is -1.15. The van der Waals surface area contributed by atoms with Gasteiger partial charge in [-0.2, -0.15) is 0 Å². The first-order chi connectivity index (χ1) is 12.4. The first-order valence-electron chi connectivity index (χ1n) is 7.43. The molecule has 0 saturated carbocycles. The summed E-state index contributed by atoms with van der Waals surface area (Å²) in [7, 11) is 1.55. The molecule has 0 saturated heterocycles. The van der Waals surface area contributed by atoms with Crippen molar-refractivity contribution in [3.63, 3.8) is 0 Å². The number of aromatic nitrogens is 1. The Balaban J connectivity index is 1.96. The molecule has 0 fully saturated rings. The highest BCUT2D eigenvalue weighted by Crippen LogP contribution is 2.36. The molecule has 0 atom stereocenters. The van der Waals surface area contributed by atoms with E-state index in [0.29, 0.717) is 16.9 Å². The van der Waals surface area contributed by atoms with Gasteiger partial charge >= 0.3 is 5.97 Å². The molecule has 0 aliphatic carbocycles. The summed E-state index contributed by atoms with van der Waals surface area (Å²) in [5.41, 5.74) is 1.03. The number of carbonyl (C=O) groups is 1. The van der Waals surface area contributed by atoms with E-state index in [-0.39, 0.29) is 17.1 Å². The van der Waals surface area contributed by atoms with Gasteiger partial charge in [-0.05, 0) is 17.7 Å². The topological polar surface area (TPSA) is 55.8 Å². The average Bonchev–Trinajstić information content (AvgIpc) is 2.91. The molecule has 5 nitrogen and oxygen atoms in total. The van der Waals surface area contributed by atoms with Gasteiger partial charge in [0.05, 0.1) is 6.57 Å². The zero-order valence-electron chi connectivity index (χ0n) is 13.5. The molecule has 130 valence electrons. The van der Waals surface area contributed by atoms with Crippen molar-refractivity contribution in [1.82, 2.24) is 4.57 Å². The number of aromatic carboxylic acids is 1. The van der Waals surface area contributed by atoms with Crippen molar-refractivity contribution < 1.29 is 23.4 Å². The number of carboxylic acid groups (broad SMARTS) is 1. The zero-order valence-corrected chi connectivity index (χ0v) is 13.5. The maximum absolute atomic E-state index is 13.2. The number of ether oxygens (including phenoxy) is 1. The van der Waals surface area contributed by atoms with Crippen molar-refractivity contribution in [2.45, 2.75) is 0 Å². The highest BCUT2D eigenvalue weighted by Gasteiger charge is 2.21. The zero-order chi connectivity index (χ0) is 18.8. The lowest BCUT2D eigenvalue weighted by Gasteiger charge is -2.08. The summed E-state index contributed by atoms with van der Waals surface area (Å²) < 4.78 is 33.2. The molecule has 0 radical (unpaired) electrons. The Morgan fingerprint density at radius 1 is 1.12 bits per heavy atom. The highest BCUT2D eigenvalue weighted by molar-refractivity contribution is 5.99. The number of rotatable bonds is 4. The van der Waals surface area contributed by atoms with Crippen LogP contribution in [0.2, 0.25) is 0 Å². The highest BCUT2D eigenvalue weighted by atomic mass is 19.1. The Morgan fingerprint density at radius 3 is 2.27 bits per heavy atom. The Bertz CT molecular complexity index is 1010. The van der Waals surface area contributed by atoms with E-state index in [2.05, 4.69) is 4.85 Å². The smallest absolute Gasteiger partial charge is 0.351 e. The van der Waals surface area contributed by atoms with E-state index in [0.717, 1.165) is 18.2 Å². The normalized spacial score (nSPS) is 10.4. The van der Waals surface area contributed by atoms with Gasteiger partial charge in [0.25, 0.3) is 0 Å². The van der Waals surface area contributed by atoms with E-state index >= 15 is 0 Å². The fourth-order valence-corrected chi connectivity index (χ4v) is 2.65. The summed E-state index contributed by atoms with van der Waals surface area (Å²) in [6, 6.07) is 9.07. The van der Waals surface area contributed by atoms with Crippen molar-refractivity contribution in [3.8, 4) is 22.6 Å². The molecule has 0 unspecified atom stereocenters. The summed E-state index contributed by atoms with van der Waals surface area (Å²) in [5.74, 6) is -2.34. The van der Waals surface area contributed by atoms with Gasteiger partial charge in [0.15, 0.2) is 0 Å². The Morgan fingerprint density at radius 2 is 1.73 bits per heavy atom. The van der Waals surface area contributed by atoms with Crippen LogP contribution in [0.3, 0.4) is 0 Å². The molecular weight excluding hydrogens is 342 g/mol. The lowest BCUT2D eigenvalue weighted by atomic mass is 10.0. The molecule has 2 aromatic carbocycles. The summed E-state index contributed by atoms with van der Waals surface area (Å²) in [6.45, 7) is 7.24. The number of nitrogens with zero attached hydrogens (tertiary/aromatic N) is 2. The SMILES string of the molecule is [C-]#[N+]c1cn(C)c(C(=O)O)c1-c1ccc(Oc2cc(F)cc(F)c2)cc1. The van der Waals surface area contributed by atoms with Crippen LogP contribution in [0.5, 0.6) is 11.5 Å². The van der Waals surface area contributed by atoms with Crippen molar-refractivity contribution in [3.05, 3.63) is 77.4 Å². The molecule has 0 bridgehead atoms. The quantitative estimate of drug-likeness (QED) is 0.670. The lowest BCUT2D eigenvalue weighted by molar-refractivity contribution is 0.0687. The van der Waals surface area contributed by atoms with Crippen LogP contribution < -0.4 is 4.74 Å². The minimum Gasteiger partial charge on any atom is -0.477 e. The van der Waals surface area contributed by atoms with Crippen molar-refractivity contribution in [2.75, 3.05) is 0 Å². The average molecular weight is 354 g/mol. The largest absolute Gasteiger partial charge is 0.477 e. The van der Waals surface area contributed by atoms with E-state index in [1.165, 1.54) is 22.9 Å². The van der Waals surface area contributed by atoms with Gasteiger partial charge in [-0.15, -0.1) is 0 Å². The van der Waals surface area contributed by atoms with Crippen LogP contribution in [0.4, 0.5) is 14.5 Å². The third-order valence-corrected chi connectivity index (χ3v) is 3.70. The van der Waals surface area contributed by atoms with E-state index in [1.54, 1.807) is 19.2 Å². The monoisotopic (exact) mass is 354 g/mol. The van der Waals surface area contributed by atoms with Crippen LogP contribution in [0.25, 0.3) is 16.0 Å². The molecule has 1 heterocycles. The van der Waals surface area contributed by atoms with E-state index in [1.807, 2.05) is 0 Å². The molecule has 0 spiro atoms. The minimum absolute atomic E-state index is 0.00281. The number of carboxylic acids is 1. The van der Waals surface area contributed by atoms with Crippen LogP contribution in [-0.4, -0.2) is 15.6 Å². The third-order valence-electron chi connectivity index (χ3n) is 3.70. The second-order valence-electron chi connectivity index (χ2n) is 5.50. The lowest BCUT2D eigenvalue weighted by Crippen LogP contribution is -2.05. The van der Waals surface area contributed by atoms with Gasteiger partial charge in [0.1, 0.15) is 28.8 Å². The molecule has 26 heavy (non-hydrogen) atoms. The van der Waals surface area contributed by atoms with E-state index in [9.17, 15) is 18.7 Å². The van der Waals surface area contributed by atoms with E-state index in [4.69, 9.17) is 11.3 Å². The molecule has 1 aromatic heterocycles. The molecule has 0 aliphatic heterocycles. The van der Waals surface area contributed by atoms with E-state index < -0.39 is 17.6 Å². The van der Waals surface area contributed by atoms with Gasteiger partial charge in [0, 0.05) is 37.0 Å². The molecular formula is C19H12F2N2O3. The molecule has 0 aliphatic rings. The van der Waals surface area contributed by atoms with Gasteiger partial charge < -0.3 is 14.4 Å². The van der Waals surface area contributed by atoms with Crippen LogP contribution in [-0.2, 0) is 7.05 Å². The Kier molecular flexibility index (Phi) is 4.42. The molecule has 3 rings (SSSR count). The Hall–Kier alpha value is -3.66. The molecule has 7 heteroatoms. The maximum Gasteiger partial charge on any atom is 0.351 e. The third kappa shape index (κ3) is 3.26. The second kappa shape index (κ2) is 6.69. The van der Waals surface area contributed by atoms with Crippen LogP contribution in [0, 0.1) is 18.2 Å². The first-order valence-corrected chi connectivity index (χ1v) is 7.43. The predicted octanol–water partition coefficient (Wildman–Crippen LogP) is 5.01. The summed E-state index contributed by atoms with van der Waals surface area (Å²) in [5, 5.41) is 9.40. The molecule has 1 N–H and O–H groups in total. The predicted molar refractivity (Wildman–Crippen MR) is 90.5 cm³/mol. The Labute approximate surface area is 147 Å². The van der Waals surface area contributed by atoms with Crippen LogP contribution >= 0.6 is 0 Å². The van der Waals surface area contributed by atoms with Gasteiger partial charge in [-0.25, -0.2) is 18.4 Å². The number of benzene rings is 2. The van der Waals surface area contributed by atoms with Crippen molar-refractivity contribution >= 4 is 11.7 Å². The van der Waals surface area contributed by atoms with Gasteiger partial charge in [0.2, 0.25) is 5.69 Å². The summed E-state index contributed by atoms with van der Waals surface area (Å²) in [4.78, 5) is 14.9. The van der Waals surface area contributed by atoms with Crippen molar-refractivity contribution in [2.24, 2.45) is 7.05 Å². The fraction of sp³-hybridized carbons (Fsp3) is 0.0526. The molecule has 3 aromatic rings. The maximum atomic E-state index is 13.2. The number of halogens is 2. The molecule has 0 amide bonds. The second-order valence-corrected chi connectivity index (χ2v) is 5.50. The fourth-order valence-electron chi connectivity index (χ4n) is 2.65. The standard InChI is InChI=1S/C19H12F2N2O3/c1-22-16-10-23(2)18(19(24)25)17(16)11-3-5-14(6-4-11)26-15-8-12(20)7-13(21)9-15/h3-10H,2H3,(H,24,25). The summed E-state index contributed by atoms with van der Waals surface area (Å²) in [6.07, 6.45) is 1.45. The number of hydrogen-bond acceptors (Lipinski definition) is 2. The van der Waals surface area contributed by atoms with Crippen molar-refractivity contribution in [1.29, 1.82) is 0 Å². The van der Waals surface area contributed by atoms with Gasteiger partial charge in [-0.3, -0.25) is 0 Å². The summed E-state index contributed by atoms with van der Waals surface area (Å²) >= 11 is 0. The number of aryl methyl sites for hydroxylation is 1. The van der Waals surface area contributed by atoms with Gasteiger partial charge in [-0.1, -0.05) is 12.1 Å². The van der Waals surface area contributed by atoms with Crippen LogP contribution in [0.15, 0.2) is 48.7 Å². The number of hydrogen-bond donors (Lipinski definition) is 1.